The van der Waals surface area contributed by atoms with Crippen molar-refractivity contribution in [1.82, 2.24) is 0 Å². The van der Waals surface area contributed by atoms with Gasteiger partial charge in [0.2, 0.25) is 0 Å². The van der Waals surface area contributed by atoms with Gasteiger partial charge in [-0.15, -0.1) is 0 Å². The van der Waals surface area contributed by atoms with E-state index in [1.165, 1.54) is 24.0 Å². The first-order chi connectivity index (χ1) is 4.84. The van der Waals surface area contributed by atoms with Gasteiger partial charge >= 0.3 is 0 Å². The van der Waals surface area contributed by atoms with Gasteiger partial charge in [0.05, 0.1) is 0 Å². The van der Waals surface area contributed by atoms with Crippen LogP contribution >= 0.6 is 0 Å². The van der Waals surface area contributed by atoms with E-state index in [4.69, 9.17) is 0 Å². The maximum Gasteiger partial charge on any atom is -0.0149 e. The fourth-order valence-electron chi connectivity index (χ4n) is 1.10. The molecule has 0 atom stereocenters. The van der Waals surface area contributed by atoms with Crippen LogP contribution in [0.3, 0.4) is 0 Å². The third-order valence-corrected chi connectivity index (χ3v) is 1.69. The van der Waals surface area contributed by atoms with Crippen LogP contribution in [0.1, 0.15) is 24.5 Å². The maximum atomic E-state index is 3.18. The minimum Gasteiger partial charge on any atom is -0.0651 e. The van der Waals surface area contributed by atoms with Gasteiger partial charge in [0.15, 0.2) is 0 Å². The molecule has 0 heterocycles. The average Bonchev–Trinajstić information content (AvgIpc) is 1.94. The minimum atomic E-state index is 1.18. The summed E-state index contributed by atoms with van der Waals surface area (Å²) >= 11 is 0. The molecule has 0 aliphatic heterocycles. The van der Waals surface area contributed by atoms with Crippen molar-refractivity contribution in [3.05, 3.63) is 35.4 Å². The molecule has 0 aromatic heterocycles. The van der Waals surface area contributed by atoms with Crippen LogP contribution < -0.4 is 0 Å². The van der Waals surface area contributed by atoms with Gasteiger partial charge in [-0.1, -0.05) is 31.5 Å². The average molecular weight is 133 g/mol. The molecule has 0 aliphatic rings. The van der Waals surface area contributed by atoms with Crippen molar-refractivity contribution >= 4 is 0 Å². The zero-order chi connectivity index (χ0) is 7.40. The van der Waals surface area contributed by atoms with Gasteiger partial charge in [-0.25, -0.2) is 0 Å². The van der Waals surface area contributed by atoms with E-state index in [0.29, 0.717) is 0 Å². The molecule has 0 bridgehead atoms. The van der Waals surface area contributed by atoms with E-state index < -0.39 is 0 Å². The van der Waals surface area contributed by atoms with Crippen LogP contribution in [0.5, 0.6) is 0 Å². The van der Waals surface area contributed by atoms with E-state index in [0.717, 1.165) is 0 Å². The summed E-state index contributed by atoms with van der Waals surface area (Å²) in [5, 5.41) is 0. The third-order valence-electron chi connectivity index (χ3n) is 1.69. The molecule has 0 fully saturated rings. The van der Waals surface area contributed by atoms with Crippen molar-refractivity contribution in [2.24, 2.45) is 0 Å². The Morgan fingerprint density at radius 2 is 2.30 bits per heavy atom. The predicted octanol–water partition coefficient (Wildman–Crippen LogP) is 2.75. The zero-order valence-electron chi connectivity index (χ0n) is 6.65. The lowest BCUT2D eigenvalue weighted by atomic mass is 10.1. The van der Waals surface area contributed by atoms with Crippen molar-refractivity contribution < 1.29 is 0 Å². The van der Waals surface area contributed by atoms with Crippen LogP contribution in [0.15, 0.2) is 18.2 Å². The minimum absolute atomic E-state index is 1.18. The van der Waals surface area contributed by atoms with Crippen LogP contribution in [0.25, 0.3) is 0 Å². The summed E-state index contributed by atoms with van der Waals surface area (Å²) in [6.45, 7) is 4.32. The molecule has 0 unspecified atom stereocenters. The van der Waals surface area contributed by atoms with Crippen LogP contribution in [0.4, 0.5) is 0 Å². The van der Waals surface area contributed by atoms with Crippen molar-refractivity contribution in [2.45, 2.75) is 26.7 Å². The van der Waals surface area contributed by atoms with Gasteiger partial charge in [0.1, 0.15) is 0 Å². The number of hydrogen-bond donors (Lipinski definition) is 0. The van der Waals surface area contributed by atoms with E-state index in [2.05, 4.69) is 32.0 Å². The largest absolute Gasteiger partial charge is 0.0651 e. The van der Waals surface area contributed by atoms with E-state index in [1.807, 2.05) is 6.07 Å². The summed E-state index contributed by atoms with van der Waals surface area (Å²) in [7, 11) is 0. The Hall–Kier alpha value is -0.780. The molecule has 0 saturated heterocycles. The molecule has 0 N–H and O–H groups in total. The highest BCUT2D eigenvalue weighted by Crippen LogP contribution is 2.07. The Balaban J connectivity index is 2.81. The fourth-order valence-corrected chi connectivity index (χ4v) is 1.10. The normalized spacial score (nSPS) is 9.80. The predicted molar refractivity (Wildman–Crippen MR) is 44.0 cm³/mol. The second kappa shape index (κ2) is 3.40. The van der Waals surface area contributed by atoms with Gasteiger partial charge < -0.3 is 0 Å². The smallest absolute Gasteiger partial charge is 0.0149 e. The summed E-state index contributed by atoms with van der Waals surface area (Å²) in [6, 6.07) is 9.38. The number of rotatable bonds is 2. The molecule has 1 rings (SSSR count). The maximum absolute atomic E-state index is 3.18. The topological polar surface area (TPSA) is 0 Å². The van der Waals surface area contributed by atoms with E-state index in [9.17, 15) is 0 Å². The number of aryl methyl sites for hydroxylation is 2. The molecule has 10 heavy (non-hydrogen) atoms. The molecule has 0 amide bonds. The molecule has 1 radical (unpaired) electrons. The Labute approximate surface area is 62.9 Å². The van der Waals surface area contributed by atoms with Crippen LogP contribution in [-0.4, -0.2) is 0 Å². The first kappa shape index (κ1) is 7.33. The number of hydrogen-bond acceptors (Lipinski definition) is 0. The van der Waals surface area contributed by atoms with Crippen LogP contribution in [-0.2, 0) is 6.42 Å². The summed E-state index contributed by atoms with van der Waals surface area (Å²) in [5.74, 6) is 0. The lowest BCUT2D eigenvalue weighted by Gasteiger charge is -2.00. The fraction of sp³-hybridized carbons (Fsp3) is 0.400. The molecule has 0 saturated carbocycles. The van der Waals surface area contributed by atoms with Crippen molar-refractivity contribution in [2.75, 3.05) is 0 Å². The Morgan fingerprint density at radius 1 is 1.50 bits per heavy atom. The Kier molecular flexibility index (Phi) is 2.49. The second-order valence-corrected chi connectivity index (χ2v) is 2.57. The monoisotopic (exact) mass is 133 g/mol. The zero-order valence-corrected chi connectivity index (χ0v) is 6.65. The highest BCUT2D eigenvalue weighted by Gasteiger charge is 1.92. The SMILES string of the molecule is CCCc1ccc[c]c1C. The molecule has 0 aliphatic carbocycles. The van der Waals surface area contributed by atoms with Gasteiger partial charge in [0, 0.05) is 0 Å². The summed E-state index contributed by atoms with van der Waals surface area (Å²) < 4.78 is 0. The number of benzene rings is 1. The lowest BCUT2D eigenvalue weighted by molar-refractivity contribution is 0.912. The van der Waals surface area contributed by atoms with Crippen molar-refractivity contribution in [1.29, 1.82) is 0 Å². The molecule has 1 aromatic rings. The molecule has 0 nitrogen and oxygen atoms in total. The van der Waals surface area contributed by atoms with Gasteiger partial charge in [0.25, 0.3) is 0 Å². The third kappa shape index (κ3) is 1.60. The highest BCUT2D eigenvalue weighted by molar-refractivity contribution is 5.24. The molecular weight excluding hydrogens is 120 g/mol. The molecule has 0 spiro atoms. The van der Waals surface area contributed by atoms with Crippen LogP contribution in [0, 0.1) is 13.0 Å². The van der Waals surface area contributed by atoms with Gasteiger partial charge in [-0.2, -0.15) is 0 Å². The van der Waals surface area contributed by atoms with E-state index >= 15 is 0 Å². The molecule has 0 heteroatoms. The van der Waals surface area contributed by atoms with Crippen molar-refractivity contribution in [3.8, 4) is 0 Å². The van der Waals surface area contributed by atoms with Crippen LogP contribution in [0.2, 0.25) is 0 Å². The highest BCUT2D eigenvalue weighted by atomic mass is 14.0. The molecule has 53 valence electrons. The second-order valence-electron chi connectivity index (χ2n) is 2.57. The summed E-state index contributed by atoms with van der Waals surface area (Å²) in [5.41, 5.74) is 2.73. The lowest BCUT2D eigenvalue weighted by Crippen LogP contribution is -1.86. The molecular formula is C10H13. The summed E-state index contributed by atoms with van der Waals surface area (Å²) in [4.78, 5) is 0. The van der Waals surface area contributed by atoms with Gasteiger partial charge in [-0.05, 0) is 30.5 Å². The van der Waals surface area contributed by atoms with E-state index in [-0.39, 0.29) is 0 Å². The standard InChI is InChI=1S/C10H13/c1-3-6-10-8-5-4-7-9(10)2/h4-5,8H,3,6H2,1-2H3. The summed E-state index contributed by atoms with van der Waals surface area (Å²) in [6.07, 6.45) is 2.40. The molecule has 1 aromatic carbocycles. The quantitative estimate of drug-likeness (QED) is 0.582. The Bertz CT molecular complexity index is 201. The van der Waals surface area contributed by atoms with E-state index in [1.54, 1.807) is 0 Å². The first-order valence-corrected chi connectivity index (χ1v) is 3.80. The first-order valence-electron chi connectivity index (χ1n) is 3.80. The van der Waals surface area contributed by atoms with Crippen molar-refractivity contribution in [3.63, 3.8) is 0 Å². The van der Waals surface area contributed by atoms with Gasteiger partial charge in [-0.3, -0.25) is 0 Å². The Morgan fingerprint density at radius 3 is 2.90 bits per heavy atom.